The summed E-state index contributed by atoms with van der Waals surface area (Å²) in [5, 5.41) is 0.785. The Morgan fingerprint density at radius 3 is 2.42 bits per heavy atom. The second kappa shape index (κ2) is 6.71. The molecule has 1 aromatic heterocycles. The van der Waals surface area contributed by atoms with Gasteiger partial charge in [-0.3, -0.25) is 0 Å². The molecule has 0 spiro atoms. The molecular formula is C20H19NO3. The van der Waals surface area contributed by atoms with Gasteiger partial charge in [-0.05, 0) is 50.2 Å². The Morgan fingerprint density at radius 2 is 1.75 bits per heavy atom. The highest BCUT2D eigenvalue weighted by atomic mass is 16.5. The predicted molar refractivity (Wildman–Crippen MR) is 94.3 cm³/mol. The van der Waals surface area contributed by atoms with Crippen LogP contribution in [0.25, 0.3) is 22.2 Å². The normalized spacial score (nSPS) is 10.8. The fourth-order valence-corrected chi connectivity index (χ4v) is 2.58. The van der Waals surface area contributed by atoms with E-state index in [-0.39, 0.29) is 12.1 Å². The third kappa shape index (κ3) is 3.23. The molecule has 0 saturated carbocycles. The third-order valence-corrected chi connectivity index (χ3v) is 3.64. The largest absolute Gasteiger partial charge is 0.491 e. The number of nitrogens with zero attached hydrogens (tertiary/aromatic N) is 1. The number of esters is 1. The van der Waals surface area contributed by atoms with Crippen LogP contribution in [0.3, 0.4) is 0 Å². The van der Waals surface area contributed by atoms with Crippen molar-refractivity contribution in [3.05, 3.63) is 60.2 Å². The first kappa shape index (κ1) is 16.0. The molecule has 3 rings (SSSR count). The number of carbonyl (C=O) groups is 1. The number of para-hydroxylation sites is 1. The average molecular weight is 321 g/mol. The summed E-state index contributed by atoms with van der Waals surface area (Å²) < 4.78 is 10.6. The van der Waals surface area contributed by atoms with Gasteiger partial charge in [0.1, 0.15) is 5.75 Å². The van der Waals surface area contributed by atoms with Crippen molar-refractivity contribution in [3.63, 3.8) is 0 Å². The molecule has 2 aromatic carbocycles. The summed E-state index contributed by atoms with van der Waals surface area (Å²) in [6.07, 6.45) is 0.126. The van der Waals surface area contributed by atoms with Crippen molar-refractivity contribution < 1.29 is 14.3 Å². The first-order chi connectivity index (χ1) is 11.6. The Hall–Kier alpha value is -2.88. The van der Waals surface area contributed by atoms with E-state index in [4.69, 9.17) is 9.47 Å². The van der Waals surface area contributed by atoms with Crippen LogP contribution in [0.4, 0.5) is 0 Å². The molecule has 122 valence electrons. The molecule has 0 unspecified atom stereocenters. The predicted octanol–water partition coefficient (Wildman–Crippen LogP) is 4.48. The molecule has 4 heteroatoms. The molecule has 0 N–H and O–H groups in total. The highest BCUT2D eigenvalue weighted by Crippen LogP contribution is 2.27. The molecule has 1 heterocycles. The number of methoxy groups -OCH3 is 1. The SMILES string of the molecule is COC(=O)c1cc(-c2ccc(OC(C)C)cc2)nc2ccccc12. The molecule has 0 aliphatic carbocycles. The molecule has 3 aromatic rings. The van der Waals surface area contributed by atoms with Crippen molar-refractivity contribution in [2.45, 2.75) is 20.0 Å². The van der Waals surface area contributed by atoms with Gasteiger partial charge in [-0.25, -0.2) is 9.78 Å². The number of hydrogen-bond acceptors (Lipinski definition) is 4. The van der Waals surface area contributed by atoms with Crippen LogP contribution in [-0.4, -0.2) is 24.2 Å². The number of aromatic nitrogens is 1. The van der Waals surface area contributed by atoms with Gasteiger partial charge in [-0.2, -0.15) is 0 Å². The molecular weight excluding hydrogens is 302 g/mol. The number of ether oxygens (including phenoxy) is 2. The van der Waals surface area contributed by atoms with Crippen molar-refractivity contribution >= 4 is 16.9 Å². The van der Waals surface area contributed by atoms with E-state index in [1.807, 2.05) is 62.4 Å². The van der Waals surface area contributed by atoms with Crippen LogP contribution in [0.5, 0.6) is 5.75 Å². The lowest BCUT2D eigenvalue weighted by Gasteiger charge is -2.11. The fourth-order valence-electron chi connectivity index (χ4n) is 2.58. The third-order valence-electron chi connectivity index (χ3n) is 3.64. The van der Waals surface area contributed by atoms with Gasteiger partial charge in [0.05, 0.1) is 30.0 Å². The Bertz CT molecular complexity index is 870. The van der Waals surface area contributed by atoms with Crippen molar-refractivity contribution in [1.29, 1.82) is 0 Å². The van der Waals surface area contributed by atoms with Crippen LogP contribution in [0.1, 0.15) is 24.2 Å². The molecule has 0 aliphatic rings. The maximum atomic E-state index is 12.1. The molecule has 0 amide bonds. The first-order valence-electron chi connectivity index (χ1n) is 7.83. The van der Waals surface area contributed by atoms with Crippen molar-refractivity contribution in [1.82, 2.24) is 4.98 Å². The second-order valence-electron chi connectivity index (χ2n) is 5.75. The monoisotopic (exact) mass is 321 g/mol. The number of rotatable bonds is 4. The maximum Gasteiger partial charge on any atom is 0.338 e. The van der Waals surface area contributed by atoms with Gasteiger partial charge in [0.15, 0.2) is 0 Å². The summed E-state index contributed by atoms with van der Waals surface area (Å²) in [6.45, 7) is 3.98. The Kier molecular flexibility index (Phi) is 4.47. The number of carbonyl (C=O) groups excluding carboxylic acids is 1. The van der Waals surface area contributed by atoms with Gasteiger partial charge in [-0.15, -0.1) is 0 Å². The Balaban J connectivity index is 2.07. The zero-order chi connectivity index (χ0) is 17.1. The lowest BCUT2D eigenvalue weighted by molar-refractivity contribution is 0.0603. The van der Waals surface area contributed by atoms with Crippen LogP contribution in [0.15, 0.2) is 54.6 Å². The van der Waals surface area contributed by atoms with E-state index in [0.717, 1.165) is 27.9 Å². The van der Waals surface area contributed by atoms with E-state index in [0.29, 0.717) is 5.56 Å². The van der Waals surface area contributed by atoms with Crippen molar-refractivity contribution in [2.75, 3.05) is 7.11 Å². The van der Waals surface area contributed by atoms with E-state index < -0.39 is 0 Å². The molecule has 0 radical (unpaired) electrons. The van der Waals surface area contributed by atoms with Gasteiger partial charge in [0.25, 0.3) is 0 Å². The van der Waals surface area contributed by atoms with E-state index >= 15 is 0 Å². The summed E-state index contributed by atoms with van der Waals surface area (Å²) in [4.78, 5) is 16.8. The molecule has 0 fully saturated rings. The summed E-state index contributed by atoms with van der Waals surface area (Å²) in [5.74, 6) is 0.442. The minimum Gasteiger partial charge on any atom is -0.491 e. The standard InChI is InChI=1S/C20H19NO3/c1-13(2)24-15-10-8-14(9-11-15)19-12-17(20(22)23-3)16-6-4-5-7-18(16)21-19/h4-13H,1-3H3. The van der Waals surface area contributed by atoms with Gasteiger partial charge in [0, 0.05) is 10.9 Å². The van der Waals surface area contributed by atoms with Gasteiger partial charge >= 0.3 is 5.97 Å². The number of benzene rings is 2. The highest BCUT2D eigenvalue weighted by Gasteiger charge is 2.14. The second-order valence-corrected chi connectivity index (χ2v) is 5.75. The highest BCUT2D eigenvalue weighted by molar-refractivity contribution is 6.04. The van der Waals surface area contributed by atoms with Crippen LogP contribution < -0.4 is 4.74 Å². The Labute approximate surface area is 141 Å². The lowest BCUT2D eigenvalue weighted by atomic mass is 10.0. The number of hydrogen-bond donors (Lipinski definition) is 0. The minimum atomic E-state index is -0.366. The summed E-state index contributed by atoms with van der Waals surface area (Å²) in [6, 6.07) is 17.0. The molecule has 0 bridgehead atoms. The smallest absolute Gasteiger partial charge is 0.338 e. The Morgan fingerprint density at radius 1 is 1.04 bits per heavy atom. The summed E-state index contributed by atoms with van der Waals surface area (Å²) >= 11 is 0. The minimum absolute atomic E-state index is 0.126. The van der Waals surface area contributed by atoms with Crippen LogP contribution in [0.2, 0.25) is 0 Å². The zero-order valence-electron chi connectivity index (χ0n) is 13.9. The quantitative estimate of drug-likeness (QED) is 0.665. The van der Waals surface area contributed by atoms with Crippen molar-refractivity contribution in [3.8, 4) is 17.0 Å². The van der Waals surface area contributed by atoms with Gasteiger partial charge in [0.2, 0.25) is 0 Å². The summed E-state index contributed by atoms with van der Waals surface area (Å²) in [5.41, 5.74) is 2.92. The van der Waals surface area contributed by atoms with Crippen LogP contribution in [0, 0.1) is 0 Å². The van der Waals surface area contributed by atoms with E-state index in [2.05, 4.69) is 4.98 Å². The average Bonchev–Trinajstić information content (AvgIpc) is 2.60. The van der Waals surface area contributed by atoms with E-state index in [1.165, 1.54) is 7.11 Å². The van der Waals surface area contributed by atoms with Gasteiger partial charge in [-0.1, -0.05) is 18.2 Å². The van der Waals surface area contributed by atoms with E-state index in [9.17, 15) is 4.79 Å². The fraction of sp³-hybridized carbons (Fsp3) is 0.200. The zero-order valence-corrected chi connectivity index (χ0v) is 13.9. The topological polar surface area (TPSA) is 48.4 Å². The molecule has 0 aliphatic heterocycles. The van der Waals surface area contributed by atoms with Crippen LogP contribution in [-0.2, 0) is 4.74 Å². The molecule has 24 heavy (non-hydrogen) atoms. The maximum absolute atomic E-state index is 12.1. The van der Waals surface area contributed by atoms with Crippen molar-refractivity contribution in [2.24, 2.45) is 0 Å². The van der Waals surface area contributed by atoms with E-state index in [1.54, 1.807) is 6.07 Å². The van der Waals surface area contributed by atoms with Gasteiger partial charge < -0.3 is 9.47 Å². The molecule has 4 nitrogen and oxygen atoms in total. The molecule has 0 atom stereocenters. The first-order valence-corrected chi connectivity index (χ1v) is 7.83. The van der Waals surface area contributed by atoms with Crippen LogP contribution >= 0.6 is 0 Å². The molecule has 0 saturated heterocycles. The number of pyridine rings is 1. The lowest BCUT2D eigenvalue weighted by Crippen LogP contribution is -2.05. The summed E-state index contributed by atoms with van der Waals surface area (Å²) in [7, 11) is 1.38. The number of fused-ring (bicyclic) bond motifs is 1.